The molecule has 10 heteroatoms. The number of non-ortho nitro benzene ring substituents is 1. The maximum absolute atomic E-state index is 11.3. The van der Waals surface area contributed by atoms with Crippen molar-refractivity contribution in [3.05, 3.63) is 34.4 Å². The number of phenolic OH excluding ortho intramolecular Hbond substituents is 1. The van der Waals surface area contributed by atoms with Gasteiger partial charge in [0, 0.05) is 17.5 Å². The highest BCUT2D eigenvalue weighted by atomic mass is 32.2. The average Bonchev–Trinajstić information content (AvgIpc) is 2.35. The molecule has 0 saturated heterocycles. The number of phenols is 1. The van der Waals surface area contributed by atoms with Crippen molar-refractivity contribution in [1.82, 2.24) is 0 Å². The average molecular weight is 297 g/mol. The number of hydrogen-bond acceptors (Lipinski definition) is 7. The Kier molecular flexibility index (Phi) is 3.12. The van der Waals surface area contributed by atoms with E-state index in [1.165, 1.54) is 12.1 Å². The van der Waals surface area contributed by atoms with Crippen molar-refractivity contribution in [2.45, 2.75) is 4.90 Å². The molecule has 0 aliphatic heterocycles. The quantitative estimate of drug-likeness (QED) is 0.342. The molecule has 3 N–H and O–H groups in total. The van der Waals surface area contributed by atoms with Gasteiger partial charge in [-0.05, 0) is 0 Å². The van der Waals surface area contributed by atoms with Gasteiger partial charge in [-0.3, -0.25) is 14.7 Å². The van der Waals surface area contributed by atoms with Crippen molar-refractivity contribution >= 4 is 32.3 Å². The van der Waals surface area contributed by atoms with E-state index in [-0.39, 0.29) is 11.1 Å². The number of aromatic hydroxyl groups is 1. The van der Waals surface area contributed by atoms with Crippen LogP contribution in [-0.2, 0) is 10.1 Å². The van der Waals surface area contributed by atoms with E-state index in [0.717, 1.165) is 6.07 Å². The first-order valence-corrected chi connectivity index (χ1v) is 6.49. The van der Waals surface area contributed by atoms with Gasteiger partial charge in [0.05, 0.1) is 10.3 Å². The monoisotopic (exact) mass is 297 g/mol. The number of rotatable bonds is 3. The summed E-state index contributed by atoms with van der Waals surface area (Å²) in [6, 6.07) is 4.17. The predicted octanol–water partition coefficient (Wildman–Crippen LogP) is 2.36. The van der Waals surface area contributed by atoms with Crippen LogP contribution in [0.15, 0.2) is 34.3 Å². The molecule has 0 aliphatic carbocycles. The van der Waals surface area contributed by atoms with Crippen LogP contribution in [0.4, 0.5) is 11.4 Å². The third-order valence-electron chi connectivity index (χ3n) is 2.64. The van der Waals surface area contributed by atoms with E-state index in [4.69, 9.17) is 10.1 Å². The molecular formula is C10H7N3O6S. The highest BCUT2D eigenvalue weighted by Gasteiger charge is 2.26. The Balaban J connectivity index is 3.16. The van der Waals surface area contributed by atoms with Gasteiger partial charge < -0.3 is 5.11 Å². The summed E-state index contributed by atoms with van der Waals surface area (Å²) in [7, 11) is -4.80. The third kappa shape index (κ3) is 2.06. The van der Waals surface area contributed by atoms with Crippen LogP contribution in [0.5, 0.6) is 5.75 Å². The Morgan fingerprint density at radius 3 is 2.50 bits per heavy atom. The van der Waals surface area contributed by atoms with E-state index in [2.05, 4.69) is 5.11 Å². The highest BCUT2D eigenvalue weighted by Crippen LogP contribution is 2.42. The van der Waals surface area contributed by atoms with Crippen molar-refractivity contribution in [3.63, 3.8) is 0 Å². The van der Waals surface area contributed by atoms with E-state index in [1.54, 1.807) is 0 Å². The predicted molar refractivity (Wildman–Crippen MR) is 66.9 cm³/mol. The van der Waals surface area contributed by atoms with Crippen LogP contribution in [-0.4, -0.2) is 23.0 Å². The highest BCUT2D eigenvalue weighted by molar-refractivity contribution is 7.86. The summed E-state index contributed by atoms with van der Waals surface area (Å²) in [5, 5.41) is 23.1. The molecule has 0 aliphatic rings. The number of benzene rings is 2. The first-order valence-electron chi connectivity index (χ1n) is 5.05. The molecule has 2 aromatic rings. The molecule has 2 rings (SSSR count). The number of nitrogens with one attached hydrogen (secondary N) is 1. The standard InChI is InChI=1S/C10H7N3O6S/c11-12-10-5-2-1-3-6(13(15)16)9(5)8(4-7(10)14)20(17,18)19/h1-4,11,14H,(H,17,18,19). The zero-order chi connectivity index (χ0) is 15.1. The number of fused-ring (bicyclic) bond motifs is 1. The van der Waals surface area contributed by atoms with Gasteiger partial charge in [-0.2, -0.15) is 13.5 Å². The van der Waals surface area contributed by atoms with Gasteiger partial charge in [0.1, 0.15) is 16.3 Å². The zero-order valence-electron chi connectivity index (χ0n) is 9.64. The second kappa shape index (κ2) is 4.51. The summed E-state index contributed by atoms with van der Waals surface area (Å²) in [4.78, 5) is 9.32. The van der Waals surface area contributed by atoms with Gasteiger partial charge in [-0.15, -0.1) is 0 Å². The SMILES string of the molecule is N=Nc1c(O)cc(S(=O)(=O)O)c2c([N+](=O)[O-])cccc12. The van der Waals surface area contributed by atoms with E-state index in [1.807, 2.05) is 0 Å². The largest absolute Gasteiger partial charge is 0.506 e. The summed E-state index contributed by atoms with van der Waals surface area (Å²) in [6.45, 7) is 0. The fraction of sp³-hybridized carbons (Fsp3) is 0. The fourth-order valence-electron chi connectivity index (χ4n) is 1.87. The minimum absolute atomic E-state index is 0.123. The van der Waals surface area contributed by atoms with Crippen LogP contribution in [0.2, 0.25) is 0 Å². The molecule has 0 radical (unpaired) electrons. The Morgan fingerprint density at radius 2 is 2.00 bits per heavy atom. The minimum Gasteiger partial charge on any atom is -0.506 e. The molecule has 0 bridgehead atoms. The van der Waals surface area contributed by atoms with E-state index < -0.39 is 36.8 Å². The number of hydrogen-bond donors (Lipinski definition) is 3. The van der Waals surface area contributed by atoms with Crippen molar-refractivity contribution in [2.75, 3.05) is 0 Å². The van der Waals surface area contributed by atoms with Crippen LogP contribution in [0.3, 0.4) is 0 Å². The van der Waals surface area contributed by atoms with Crippen LogP contribution < -0.4 is 0 Å². The lowest BCUT2D eigenvalue weighted by Crippen LogP contribution is -2.01. The van der Waals surface area contributed by atoms with Gasteiger partial charge in [0.15, 0.2) is 0 Å². The lowest BCUT2D eigenvalue weighted by molar-refractivity contribution is -0.383. The molecule has 0 aromatic heterocycles. The van der Waals surface area contributed by atoms with Gasteiger partial charge in [0.25, 0.3) is 15.8 Å². The van der Waals surface area contributed by atoms with Gasteiger partial charge in [-0.25, -0.2) is 5.53 Å². The number of nitro groups is 1. The number of nitro benzene ring substituents is 1. The molecule has 0 saturated carbocycles. The van der Waals surface area contributed by atoms with E-state index >= 15 is 0 Å². The first-order chi connectivity index (χ1) is 9.27. The zero-order valence-corrected chi connectivity index (χ0v) is 10.5. The maximum atomic E-state index is 11.3. The topological polar surface area (TPSA) is 154 Å². The normalized spacial score (nSPS) is 11.4. The van der Waals surface area contributed by atoms with Crippen LogP contribution >= 0.6 is 0 Å². The summed E-state index contributed by atoms with van der Waals surface area (Å²) in [5.74, 6) is -0.680. The summed E-state index contributed by atoms with van der Waals surface area (Å²) in [5.41, 5.74) is 6.05. The van der Waals surface area contributed by atoms with Crippen LogP contribution in [0.1, 0.15) is 0 Å². The van der Waals surface area contributed by atoms with Gasteiger partial charge in [0.2, 0.25) is 0 Å². The lowest BCUT2D eigenvalue weighted by Gasteiger charge is -2.08. The van der Waals surface area contributed by atoms with Crippen LogP contribution in [0, 0.1) is 15.6 Å². The maximum Gasteiger partial charge on any atom is 0.295 e. The van der Waals surface area contributed by atoms with E-state index in [9.17, 15) is 23.6 Å². The van der Waals surface area contributed by atoms with Crippen molar-refractivity contribution in [2.24, 2.45) is 5.11 Å². The van der Waals surface area contributed by atoms with Gasteiger partial charge in [-0.1, -0.05) is 12.1 Å². The Hall–Kier alpha value is -2.59. The molecule has 0 heterocycles. The molecule has 0 spiro atoms. The smallest absolute Gasteiger partial charge is 0.295 e. The van der Waals surface area contributed by atoms with Gasteiger partial charge >= 0.3 is 0 Å². The number of nitrogens with zero attached hydrogens (tertiary/aromatic N) is 2. The lowest BCUT2D eigenvalue weighted by atomic mass is 10.1. The third-order valence-corrected chi connectivity index (χ3v) is 3.52. The Morgan fingerprint density at radius 1 is 1.35 bits per heavy atom. The van der Waals surface area contributed by atoms with E-state index in [0.29, 0.717) is 6.07 Å². The van der Waals surface area contributed by atoms with Crippen molar-refractivity contribution < 1.29 is 23.0 Å². The summed E-state index contributed by atoms with van der Waals surface area (Å²) in [6.07, 6.45) is 0. The molecule has 2 aromatic carbocycles. The summed E-state index contributed by atoms with van der Waals surface area (Å²) >= 11 is 0. The molecular weight excluding hydrogens is 290 g/mol. The van der Waals surface area contributed by atoms with Crippen molar-refractivity contribution in [1.29, 1.82) is 5.53 Å². The second-order valence-corrected chi connectivity index (χ2v) is 5.18. The second-order valence-electron chi connectivity index (χ2n) is 3.79. The summed E-state index contributed by atoms with van der Waals surface area (Å²) < 4.78 is 31.8. The molecule has 0 unspecified atom stereocenters. The molecule has 0 atom stereocenters. The van der Waals surface area contributed by atoms with Crippen LogP contribution in [0.25, 0.3) is 10.8 Å². The van der Waals surface area contributed by atoms with Crippen molar-refractivity contribution in [3.8, 4) is 5.75 Å². The molecule has 0 amide bonds. The molecule has 0 fully saturated rings. The Labute approximate surface area is 111 Å². The minimum atomic E-state index is -4.80. The fourth-order valence-corrected chi connectivity index (χ4v) is 2.61. The molecule has 9 nitrogen and oxygen atoms in total. The molecule has 104 valence electrons. The molecule has 20 heavy (non-hydrogen) atoms. The Bertz CT molecular complexity index is 846. The first kappa shape index (κ1) is 13.8.